The highest BCUT2D eigenvalue weighted by Gasteiger charge is 2.37. The molecule has 132 valence electrons. The number of rotatable bonds is 10. The van der Waals surface area contributed by atoms with Crippen LogP contribution in [-0.2, 0) is 19.2 Å². The second kappa shape index (κ2) is 10.1. The van der Waals surface area contributed by atoms with E-state index in [4.69, 9.17) is 32.3 Å². The molecule has 0 spiro atoms. The average Bonchev–Trinajstić information content (AvgIpc) is 2.43. The predicted octanol–water partition coefficient (Wildman–Crippen LogP) is 2.22. The van der Waals surface area contributed by atoms with Gasteiger partial charge in [-0.2, -0.15) is 8.42 Å². The molecule has 2 N–H and O–H groups in total. The number of hydrogen-bond acceptors (Lipinski definition) is 5. The highest BCUT2D eigenvalue weighted by molar-refractivity contribution is 8.00. The molecule has 0 aromatic rings. The van der Waals surface area contributed by atoms with Crippen molar-refractivity contribution in [3.8, 4) is 0 Å². The fourth-order valence-corrected chi connectivity index (χ4v) is 6.75. The lowest BCUT2D eigenvalue weighted by Gasteiger charge is -2.36. The largest absolute Gasteiger partial charge is 0.344 e. The number of nitrogens with zero attached hydrogens (tertiary/aromatic N) is 1. The molecule has 0 aromatic heterocycles. The highest BCUT2D eigenvalue weighted by atomic mass is 35.5. The summed E-state index contributed by atoms with van der Waals surface area (Å²) >= 11 is 12.9. The van der Waals surface area contributed by atoms with Gasteiger partial charge in [0.25, 0.3) is 10.1 Å². The van der Waals surface area contributed by atoms with Gasteiger partial charge in [0.15, 0.2) is 0 Å². The molecule has 0 amide bonds. The van der Waals surface area contributed by atoms with Crippen molar-refractivity contribution < 1.29 is 22.1 Å². The fourth-order valence-electron chi connectivity index (χ4n) is 1.89. The van der Waals surface area contributed by atoms with E-state index in [-0.39, 0.29) is 11.1 Å². The first-order valence-corrected chi connectivity index (χ1v) is 12.1. The van der Waals surface area contributed by atoms with Gasteiger partial charge in [0, 0.05) is 24.8 Å². The molecular formula is C10H21Cl2N2O5PS2. The Morgan fingerprint density at radius 1 is 1.36 bits per heavy atom. The Kier molecular flexibility index (Phi) is 9.60. The lowest BCUT2D eigenvalue weighted by atomic mass is 10.5. The van der Waals surface area contributed by atoms with E-state index in [0.717, 1.165) is 0 Å². The van der Waals surface area contributed by atoms with E-state index in [0.29, 0.717) is 50.1 Å². The molecule has 1 rings (SSSR count). The Morgan fingerprint density at radius 3 is 2.55 bits per heavy atom. The summed E-state index contributed by atoms with van der Waals surface area (Å²) in [6.45, 7) is 1.15. The molecular weight excluding hydrogens is 394 g/mol. The molecule has 0 radical (unpaired) electrons. The normalized spacial score (nSPS) is 26.5. The van der Waals surface area contributed by atoms with Crippen LogP contribution >= 0.6 is 42.6 Å². The van der Waals surface area contributed by atoms with E-state index in [9.17, 15) is 13.0 Å². The molecule has 1 fully saturated rings. The van der Waals surface area contributed by atoms with Crippen LogP contribution in [0.4, 0.5) is 0 Å². The fraction of sp³-hybridized carbons (Fsp3) is 1.00. The minimum Gasteiger partial charge on any atom is -0.306 e. The van der Waals surface area contributed by atoms with Crippen molar-refractivity contribution in [2.75, 3.05) is 43.0 Å². The van der Waals surface area contributed by atoms with Crippen LogP contribution in [0.15, 0.2) is 0 Å². The van der Waals surface area contributed by atoms with Crippen LogP contribution in [0.1, 0.15) is 12.8 Å². The van der Waals surface area contributed by atoms with Crippen molar-refractivity contribution in [3.05, 3.63) is 0 Å². The van der Waals surface area contributed by atoms with E-state index in [1.807, 2.05) is 0 Å². The SMILES string of the molecule is O=P1(N(CCCl)CCCl)NC(SCCCS(=O)(=O)O)CCO1. The molecule has 0 bridgehead atoms. The Bertz CT molecular complexity index is 476. The Hall–Kier alpha value is 0.950. The summed E-state index contributed by atoms with van der Waals surface area (Å²) in [5.41, 5.74) is 0. The highest BCUT2D eigenvalue weighted by Crippen LogP contribution is 2.50. The summed E-state index contributed by atoms with van der Waals surface area (Å²) in [7, 11) is -7.10. The first kappa shape index (κ1) is 21.0. The standard InChI is InChI=1S/C10H21Cl2N2O5PS2/c11-3-5-14(6-4-12)20(15)13-10(2-7-19-20)21-8-1-9-22(16,17)18/h10H,1-9H2,(H,13,15)(H,16,17,18). The van der Waals surface area contributed by atoms with Crippen molar-refractivity contribution in [3.63, 3.8) is 0 Å². The van der Waals surface area contributed by atoms with Crippen molar-refractivity contribution in [1.82, 2.24) is 9.76 Å². The summed E-state index contributed by atoms with van der Waals surface area (Å²) in [5, 5.41) is 2.89. The molecule has 1 aliphatic heterocycles. The summed E-state index contributed by atoms with van der Waals surface area (Å²) in [6, 6.07) is 0. The first-order valence-electron chi connectivity index (χ1n) is 6.77. The third kappa shape index (κ3) is 7.68. The van der Waals surface area contributed by atoms with Crippen molar-refractivity contribution >= 4 is 52.8 Å². The summed E-state index contributed by atoms with van der Waals surface area (Å²) < 4.78 is 49.9. The maximum atomic E-state index is 12.8. The monoisotopic (exact) mass is 414 g/mol. The Morgan fingerprint density at radius 2 is 2.00 bits per heavy atom. The second-order valence-electron chi connectivity index (χ2n) is 4.60. The minimum atomic E-state index is -3.93. The third-order valence-electron chi connectivity index (χ3n) is 2.88. The van der Waals surface area contributed by atoms with Crippen LogP contribution in [0.3, 0.4) is 0 Å². The maximum Gasteiger partial charge on any atom is 0.344 e. The molecule has 22 heavy (non-hydrogen) atoms. The molecule has 0 saturated carbocycles. The van der Waals surface area contributed by atoms with Crippen LogP contribution in [0.5, 0.6) is 0 Å². The third-order valence-corrected chi connectivity index (χ3v) is 7.79. The van der Waals surface area contributed by atoms with Gasteiger partial charge < -0.3 is 4.52 Å². The van der Waals surface area contributed by atoms with Gasteiger partial charge in [-0.15, -0.1) is 35.0 Å². The smallest absolute Gasteiger partial charge is 0.306 e. The molecule has 1 heterocycles. The van der Waals surface area contributed by atoms with E-state index < -0.39 is 17.8 Å². The van der Waals surface area contributed by atoms with Crippen LogP contribution in [0.2, 0.25) is 0 Å². The summed E-state index contributed by atoms with van der Waals surface area (Å²) in [6.07, 6.45) is 0.996. The number of nitrogens with one attached hydrogen (secondary N) is 1. The minimum absolute atomic E-state index is 0.103. The molecule has 2 unspecified atom stereocenters. The number of hydrogen-bond donors (Lipinski definition) is 2. The zero-order chi connectivity index (χ0) is 16.6. The van der Waals surface area contributed by atoms with E-state index in [2.05, 4.69) is 5.09 Å². The quantitative estimate of drug-likeness (QED) is 0.243. The van der Waals surface area contributed by atoms with Gasteiger partial charge in [-0.3, -0.25) is 9.12 Å². The molecule has 0 aromatic carbocycles. The van der Waals surface area contributed by atoms with Gasteiger partial charge in [-0.1, -0.05) is 0 Å². The first-order chi connectivity index (χ1) is 10.3. The van der Waals surface area contributed by atoms with Gasteiger partial charge in [0.1, 0.15) is 0 Å². The van der Waals surface area contributed by atoms with E-state index in [1.54, 1.807) is 4.67 Å². The number of halogens is 2. The molecule has 0 aliphatic carbocycles. The Labute approximate surface area is 145 Å². The lowest BCUT2D eigenvalue weighted by Crippen LogP contribution is -2.40. The number of thioether (sulfide) groups is 1. The van der Waals surface area contributed by atoms with E-state index in [1.165, 1.54) is 11.8 Å². The van der Waals surface area contributed by atoms with Crippen LogP contribution in [-0.4, -0.2) is 66.0 Å². The zero-order valence-electron chi connectivity index (χ0n) is 12.0. The molecule has 12 heteroatoms. The van der Waals surface area contributed by atoms with Gasteiger partial charge in [0.05, 0.1) is 17.7 Å². The van der Waals surface area contributed by atoms with Gasteiger partial charge in [-0.25, -0.2) is 9.76 Å². The lowest BCUT2D eigenvalue weighted by molar-refractivity contribution is 0.227. The van der Waals surface area contributed by atoms with Crippen molar-refractivity contribution in [1.29, 1.82) is 0 Å². The van der Waals surface area contributed by atoms with Gasteiger partial charge in [0.2, 0.25) is 0 Å². The topological polar surface area (TPSA) is 95.9 Å². The van der Waals surface area contributed by atoms with Crippen molar-refractivity contribution in [2.24, 2.45) is 0 Å². The maximum absolute atomic E-state index is 12.8. The summed E-state index contributed by atoms with van der Waals surface area (Å²) in [4.78, 5) is 0. The van der Waals surface area contributed by atoms with Gasteiger partial charge >= 0.3 is 7.67 Å². The number of alkyl halides is 2. The Balaban J connectivity index is 2.50. The molecule has 1 saturated heterocycles. The van der Waals surface area contributed by atoms with Crippen LogP contribution in [0.25, 0.3) is 0 Å². The van der Waals surface area contributed by atoms with Crippen molar-refractivity contribution in [2.45, 2.75) is 18.2 Å². The molecule has 7 nitrogen and oxygen atoms in total. The predicted molar refractivity (Wildman–Crippen MR) is 91.6 cm³/mol. The zero-order valence-corrected chi connectivity index (χ0v) is 16.0. The van der Waals surface area contributed by atoms with Crippen LogP contribution in [0, 0.1) is 0 Å². The average molecular weight is 415 g/mol. The molecule has 1 aliphatic rings. The summed E-state index contributed by atoms with van der Waals surface area (Å²) in [5.74, 6) is 0.893. The van der Waals surface area contributed by atoms with E-state index >= 15 is 0 Å². The molecule has 2 atom stereocenters. The van der Waals surface area contributed by atoms with Crippen LogP contribution < -0.4 is 5.09 Å². The second-order valence-corrected chi connectivity index (χ2v) is 10.4. The van der Waals surface area contributed by atoms with Gasteiger partial charge in [-0.05, 0) is 18.6 Å².